The van der Waals surface area contributed by atoms with Crippen LogP contribution in [0.15, 0.2) is 24.3 Å². The second-order valence-electron chi connectivity index (χ2n) is 5.05. The molecular formula is C13H18N2. The average Bonchev–Trinajstić information content (AvgIpc) is 2.15. The quantitative estimate of drug-likeness (QED) is 0.737. The number of rotatable bonds is 2. The summed E-state index contributed by atoms with van der Waals surface area (Å²) < 4.78 is 0. The van der Waals surface area contributed by atoms with E-state index in [1.165, 1.54) is 0 Å². The van der Waals surface area contributed by atoms with Crippen LogP contribution in [0.5, 0.6) is 0 Å². The van der Waals surface area contributed by atoms with Crippen molar-refractivity contribution >= 4 is 5.69 Å². The number of nitriles is 1. The number of anilines is 1. The van der Waals surface area contributed by atoms with E-state index in [4.69, 9.17) is 5.26 Å². The highest BCUT2D eigenvalue weighted by Gasteiger charge is 2.15. The minimum atomic E-state index is 0.233. The second-order valence-corrected chi connectivity index (χ2v) is 5.05. The molecule has 0 aliphatic heterocycles. The summed E-state index contributed by atoms with van der Waals surface area (Å²) in [5.74, 6) is 0. The third kappa shape index (κ3) is 3.28. The van der Waals surface area contributed by atoms with Crippen LogP contribution in [0.25, 0.3) is 0 Å². The first-order chi connectivity index (χ1) is 6.94. The first kappa shape index (κ1) is 11.6. The Bertz CT molecular complexity index is 369. The van der Waals surface area contributed by atoms with Crippen LogP contribution in [0.2, 0.25) is 0 Å². The topological polar surface area (TPSA) is 27.0 Å². The summed E-state index contributed by atoms with van der Waals surface area (Å²) in [6.45, 7) is 7.52. The number of benzene rings is 1. The maximum absolute atomic E-state index is 8.99. The number of hydrogen-bond donors (Lipinski definition) is 0. The fourth-order valence-electron chi connectivity index (χ4n) is 1.70. The fourth-order valence-corrected chi connectivity index (χ4v) is 1.70. The molecule has 1 aromatic carbocycles. The summed E-state index contributed by atoms with van der Waals surface area (Å²) in [5.41, 5.74) is 1.98. The molecule has 0 fully saturated rings. The largest absolute Gasteiger partial charge is 0.373 e. The molecular weight excluding hydrogens is 184 g/mol. The van der Waals surface area contributed by atoms with Gasteiger partial charge in [0.05, 0.1) is 11.3 Å². The van der Waals surface area contributed by atoms with Gasteiger partial charge in [-0.05, 0) is 17.5 Å². The highest BCUT2D eigenvalue weighted by atomic mass is 15.1. The van der Waals surface area contributed by atoms with Crippen LogP contribution in [0.3, 0.4) is 0 Å². The summed E-state index contributed by atoms with van der Waals surface area (Å²) in [5, 5.41) is 8.99. The second kappa shape index (κ2) is 4.35. The van der Waals surface area contributed by atoms with E-state index in [0.717, 1.165) is 17.8 Å². The Balaban J connectivity index is 2.92. The van der Waals surface area contributed by atoms with Crippen LogP contribution in [0.4, 0.5) is 5.69 Å². The van der Waals surface area contributed by atoms with Crippen molar-refractivity contribution < 1.29 is 0 Å². The molecule has 0 spiro atoms. The molecule has 0 bridgehead atoms. The van der Waals surface area contributed by atoms with Gasteiger partial charge in [-0.25, -0.2) is 0 Å². The van der Waals surface area contributed by atoms with E-state index in [-0.39, 0.29) is 5.41 Å². The van der Waals surface area contributed by atoms with Crippen LogP contribution >= 0.6 is 0 Å². The van der Waals surface area contributed by atoms with Crippen LogP contribution in [-0.2, 0) is 0 Å². The maximum Gasteiger partial charge on any atom is 0.101 e. The number of nitrogens with zero attached hydrogens (tertiary/aromatic N) is 2. The van der Waals surface area contributed by atoms with Crippen molar-refractivity contribution in [3.63, 3.8) is 0 Å². The SMILES string of the molecule is CN(CC(C)(C)C)c1ccccc1C#N. The summed E-state index contributed by atoms with van der Waals surface area (Å²) in [7, 11) is 2.03. The maximum atomic E-state index is 8.99. The van der Waals surface area contributed by atoms with E-state index in [0.29, 0.717) is 0 Å². The van der Waals surface area contributed by atoms with Gasteiger partial charge in [0.1, 0.15) is 6.07 Å². The van der Waals surface area contributed by atoms with Gasteiger partial charge < -0.3 is 4.90 Å². The molecule has 1 aromatic rings. The molecule has 0 radical (unpaired) electrons. The minimum absolute atomic E-state index is 0.233. The van der Waals surface area contributed by atoms with Crippen molar-refractivity contribution in [1.29, 1.82) is 5.26 Å². The van der Waals surface area contributed by atoms with Crippen molar-refractivity contribution in [2.45, 2.75) is 20.8 Å². The van der Waals surface area contributed by atoms with Crippen molar-refractivity contribution in [1.82, 2.24) is 0 Å². The Morgan fingerprint density at radius 2 is 1.87 bits per heavy atom. The lowest BCUT2D eigenvalue weighted by Gasteiger charge is -2.28. The molecule has 80 valence electrons. The summed E-state index contributed by atoms with van der Waals surface area (Å²) >= 11 is 0. The van der Waals surface area contributed by atoms with Gasteiger partial charge in [-0.2, -0.15) is 5.26 Å². The zero-order valence-corrected chi connectivity index (χ0v) is 9.91. The van der Waals surface area contributed by atoms with Gasteiger partial charge in [0, 0.05) is 13.6 Å². The summed E-state index contributed by atoms with van der Waals surface area (Å²) in [6.07, 6.45) is 0. The lowest BCUT2D eigenvalue weighted by atomic mass is 9.96. The number of para-hydroxylation sites is 1. The van der Waals surface area contributed by atoms with E-state index in [9.17, 15) is 0 Å². The molecule has 0 atom stereocenters. The molecule has 1 rings (SSSR count). The molecule has 0 saturated carbocycles. The predicted molar refractivity (Wildman–Crippen MR) is 63.9 cm³/mol. The Morgan fingerprint density at radius 1 is 1.27 bits per heavy atom. The van der Waals surface area contributed by atoms with Crippen molar-refractivity contribution in [2.24, 2.45) is 5.41 Å². The van der Waals surface area contributed by atoms with E-state index in [1.54, 1.807) is 0 Å². The Hall–Kier alpha value is -1.49. The van der Waals surface area contributed by atoms with E-state index in [2.05, 4.69) is 31.7 Å². The summed E-state index contributed by atoms with van der Waals surface area (Å²) in [4.78, 5) is 2.14. The van der Waals surface area contributed by atoms with Crippen LogP contribution in [0.1, 0.15) is 26.3 Å². The van der Waals surface area contributed by atoms with Crippen molar-refractivity contribution in [2.75, 3.05) is 18.5 Å². The molecule has 0 amide bonds. The van der Waals surface area contributed by atoms with Gasteiger partial charge in [0.2, 0.25) is 0 Å². The third-order valence-electron chi connectivity index (χ3n) is 2.15. The molecule has 0 heterocycles. The first-order valence-corrected chi connectivity index (χ1v) is 5.14. The highest BCUT2D eigenvalue weighted by molar-refractivity contribution is 5.58. The van der Waals surface area contributed by atoms with Gasteiger partial charge >= 0.3 is 0 Å². The molecule has 2 heteroatoms. The Kier molecular flexibility index (Phi) is 3.36. The lowest BCUT2D eigenvalue weighted by molar-refractivity contribution is 0.419. The lowest BCUT2D eigenvalue weighted by Crippen LogP contribution is -2.29. The molecule has 0 saturated heterocycles. The zero-order valence-electron chi connectivity index (χ0n) is 9.91. The van der Waals surface area contributed by atoms with Crippen LogP contribution in [-0.4, -0.2) is 13.6 Å². The fraction of sp³-hybridized carbons (Fsp3) is 0.462. The van der Waals surface area contributed by atoms with E-state index < -0.39 is 0 Å². The molecule has 0 unspecified atom stereocenters. The zero-order chi connectivity index (χ0) is 11.5. The van der Waals surface area contributed by atoms with Gasteiger partial charge in [0.15, 0.2) is 0 Å². The van der Waals surface area contributed by atoms with Crippen LogP contribution < -0.4 is 4.90 Å². The molecule has 2 nitrogen and oxygen atoms in total. The average molecular weight is 202 g/mol. The van der Waals surface area contributed by atoms with E-state index in [1.807, 2.05) is 31.3 Å². The van der Waals surface area contributed by atoms with Gasteiger partial charge in [0.25, 0.3) is 0 Å². The predicted octanol–water partition coefficient (Wildman–Crippen LogP) is 3.04. The molecule has 0 aromatic heterocycles. The highest BCUT2D eigenvalue weighted by Crippen LogP contribution is 2.22. The van der Waals surface area contributed by atoms with Gasteiger partial charge in [-0.3, -0.25) is 0 Å². The molecule has 0 aliphatic carbocycles. The van der Waals surface area contributed by atoms with Crippen molar-refractivity contribution in [3.05, 3.63) is 29.8 Å². The third-order valence-corrected chi connectivity index (χ3v) is 2.15. The first-order valence-electron chi connectivity index (χ1n) is 5.14. The Morgan fingerprint density at radius 3 is 2.40 bits per heavy atom. The molecule has 15 heavy (non-hydrogen) atoms. The van der Waals surface area contributed by atoms with Gasteiger partial charge in [-0.15, -0.1) is 0 Å². The normalized spacial score (nSPS) is 10.9. The standard InChI is InChI=1S/C13H18N2/c1-13(2,3)10-15(4)12-8-6-5-7-11(12)9-14/h5-8H,10H2,1-4H3. The smallest absolute Gasteiger partial charge is 0.101 e. The Labute approximate surface area is 92.1 Å². The molecule has 0 aliphatic rings. The monoisotopic (exact) mass is 202 g/mol. The van der Waals surface area contributed by atoms with Crippen LogP contribution in [0, 0.1) is 16.7 Å². The minimum Gasteiger partial charge on any atom is -0.373 e. The van der Waals surface area contributed by atoms with Crippen molar-refractivity contribution in [3.8, 4) is 6.07 Å². The summed E-state index contributed by atoms with van der Waals surface area (Å²) in [6, 6.07) is 9.93. The van der Waals surface area contributed by atoms with E-state index >= 15 is 0 Å². The number of hydrogen-bond acceptors (Lipinski definition) is 2. The molecule has 0 N–H and O–H groups in total. The van der Waals surface area contributed by atoms with Gasteiger partial charge in [-0.1, -0.05) is 32.9 Å².